The molecule has 0 atom stereocenters. The summed E-state index contributed by atoms with van der Waals surface area (Å²) in [7, 11) is 0. The molecule has 3 N–H and O–H groups in total. The molecule has 2 aromatic rings. The maximum absolute atomic E-state index is 13.6. The van der Waals surface area contributed by atoms with Gasteiger partial charge in [-0.2, -0.15) is 0 Å². The number of carbonyl (C=O) groups is 1. The Bertz CT molecular complexity index is 924. The molecule has 0 spiro atoms. The van der Waals surface area contributed by atoms with Crippen LogP contribution in [0.5, 0.6) is 11.5 Å². The second-order valence-corrected chi connectivity index (χ2v) is 6.84. The van der Waals surface area contributed by atoms with Crippen molar-refractivity contribution in [3.05, 3.63) is 58.9 Å². The predicted octanol–water partition coefficient (Wildman–Crippen LogP) is 3.01. The standard InChI is InChI=1S/C22H27FN4O3.HI/c1-3-24-22(26-9-8-16-5-7-19-20(12-16)30-14-29-19)27-11-10-25-21(28)17-6-4-15(2)18(23)13-17;/h4-7,12-13H,3,8-11,14H2,1-2H3,(H,25,28)(H2,24,26,27);1H. The smallest absolute Gasteiger partial charge is 0.251 e. The van der Waals surface area contributed by atoms with Crippen molar-refractivity contribution in [1.82, 2.24) is 16.0 Å². The quantitative estimate of drug-likeness (QED) is 0.207. The van der Waals surface area contributed by atoms with Crippen molar-refractivity contribution >= 4 is 35.8 Å². The van der Waals surface area contributed by atoms with Crippen LogP contribution in [0.4, 0.5) is 4.39 Å². The van der Waals surface area contributed by atoms with Crippen LogP contribution in [-0.2, 0) is 6.42 Å². The number of nitrogens with zero attached hydrogens (tertiary/aromatic N) is 1. The molecule has 1 heterocycles. The lowest BCUT2D eigenvalue weighted by Gasteiger charge is -2.12. The number of amides is 1. The van der Waals surface area contributed by atoms with Gasteiger partial charge in [0.2, 0.25) is 6.79 Å². The molecule has 2 aromatic carbocycles. The molecule has 0 radical (unpaired) electrons. The Morgan fingerprint density at radius 1 is 1.06 bits per heavy atom. The molecule has 0 saturated carbocycles. The Labute approximate surface area is 198 Å². The molecule has 1 amide bonds. The van der Waals surface area contributed by atoms with Crippen molar-refractivity contribution in [3.63, 3.8) is 0 Å². The third-order valence-corrected chi connectivity index (χ3v) is 4.59. The van der Waals surface area contributed by atoms with E-state index in [1.54, 1.807) is 19.1 Å². The van der Waals surface area contributed by atoms with Gasteiger partial charge in [-0.05, 0) is 55.7 Å². The minimum Gasteiger partial charge on any atom is -0.454 e. The Hall–Kier alpha value is -2.56. The summed E-state index contributed by atoms with van der Waals surface area (Å²) in [6, 6.07) is 10.4. The zero-order valence-electron chi connectivity index (χ0n) is 17.7. The number of rotatable bonds is 8. The summed E-state index contributed by atoms with van der Waals surface area (Å²) in [5.74, 6) is 1.53. The number of fused-ring (bicyclic) bond motifs is 1. The third-order valence-electron chi connectivity index (χ3n) is 4.59. The summed E-state index contributed by atoms with van der Waals surface area (Å²) < 4.78 is 24.3. The van der Waals surface area contributed by atoms with Gasteiger partial charge in [-0.3, -0.25) is 9.79 Å². The fourth-order valence-electron chi connectivity index (χ4n) is 2.93. The predicted molar refractivity (Wildman–Crippen MR) is 129 cm³/mol. The average Bonchev–Trinajstić information content (AvgIpc) is 3.21. The lowest BCUT2D eigenvalue weighted by molar-refractivity contribution is 0.0954. The van der Waals surface area contributed by atoms with Gasteiger partial charge in [-0.1, -0.05) is 12.1 Å². The Morgan fingerprint density at radius 2 is 1.84 bits per heavy atom. The number of aryl methyl sites for hydroxylation is 1. The lowest BCUT2D eigenvalue weighted by Crippen LogP contribution is -2.41. The van der Waals surface area contributed by atoms with Crippen LogP contribution in [0.2, 0.25) is 0 Å². The number of hydrogen-bond donors (Lipinski definition) is 3. The minimum atomic E-state index is -0.384. The number of aliphatic imine (C=N–C) groups is 1. The highest BCUT2D eigenvalue weighted by Gasteiger charge is 2.13. The molecule has 7 nitrogen and oxygen atoms in total. The van der Waals surface area contributed by atoms with Crippen LogP contribution in [0, 0.1) is 12.7 Å². The molecular weight excluding hydrogens is 514 g/mol. The van der Waals surface area contributed by atoms with E-state index in [4.69, 9.17) is 9.47 Å². The summed E-state index contributed by atoms with van der Waals surface area (Å²) in [6.07, 6.45) is 0.767. The molecule has 0 bridgehead atoms. The van der Waals surface area contributed by atoms with E-state index in [-0.39, 0.29) is 42.5 Å². The van der Waals surface area contributed by atoms with Crippen LogP contribution in [0.15, 0.2) is 41.4 Å². The maximum atomic E-state index is 13.6. The van der Waals surface area contributed by atoms with Gasteiger partial charge in [0.15, 0.2) is 17.5 Å². The van der Waals surface area contributed by atoms with Crippen molar-refractivity contribution in [2.75, 3.05) is 33.0 Å². The molecule has 1 aliphatic heterocycles. The van der Waals surface area contributed by atoms with Crippen LogP contribution >= 0.6 is 24.0 Å². The van der Waals surface area contributed by atoms with Gasteiger partial charge >= 0.3 is 0 Å². The fraction of sp³-hybridized carbons (Fsp3) is 0.364. The van der Waals surface area contributed by atoms with E-state index in [1.807, 2.05) is 25.1 Å². The van der Waals surface area contributed by atoms with E-state index < -0.39 is 0 Å². The first-order valence-corrected chi connectivity index (χ1v) is 10.0. The summed E-state index contributed by atoms with van der Waals surface area (Å²) in [5, 5.41) is 9.13. The lowest BCUT2D eigenvalue weighted by atomic mass is 10.1. The van der Waals surface area contributed by atoms with Gasteiger partial charge < -0.3 is 25.4 Å². The molecule has 1 aliphatic rings. The first kappa shape index (κ1) is 24.7. The van der Waals surface area contributed by atoms with Crippen LogP contribution in [0.3, 0.4) is 0 Å². The van der Waals surface area contributed by atoms with Gasteiger partial charge in [0.05, 0.1) is 0 Å². The van der Waals surface area contributed by atoms with E-state index >= 15 is 0 Å². The number of benzene rings is 2. The van der Waals surface area contributed by atoms with Crippen molar-refractivity contribution in [3.8, 4) is 11.5 Å². The number of halogens is 2. The number of nitrogens with one attached hydrogen (secondary N) is 3. The molecule has 0 unspecified atom stereocenters. The first-order chi connectivity index (χ1) is 14.6. The SMILES string of the molecule is CCNC(=NCCc1ccc2c(c1)OCO2)NCCNC(=O)c1ccc(C)c(F)c1.I. The Balaban J connectivity index is 0.00000341. The summed E-state index contributed by atoms with van der Waals surface area (Å²) >= 11 is 0. The second kappa shape index (κ2) is 12.3. The van der Waals surface area contributed by atoms with Gasteiger partial charge in [-0.15, -0.1) is 24.0 Å². The molecule has 0 aliphatic carbocycles. The van der Waals surface area contributed by atoms with Crippen molar-refractivity contribution in [2.24, 2.45) is 4.99 Å². The molecule has 0 aromatic heterocycles. The number of carbonyl (C=O) groups excluding carboxylic acids is 1. The van der Waals surface area contributed by atoms with Crippen LogP contribution in [0.25, 0.3) is 0 Å². The van der Waals surface area contributed by atoms with E-state index in [1.165, 1.54) is 6.07 Å². The molecule has 168 valence electrons. The normalized spacial score (nSPS) is 12.2. The number of guanidine groups is 1. The van der Waals surface area contributed by atoms with Crippen molar-refractivity contribution in [2.45, 2.75) is 20.3 Å². The third kappa shape index (κ3) is 7.27. The zero-order valence-corrected chi connectivity index (χ0v) is 20.0. The summed E-state index contributed by atoms with van der Waals surface area (Å²) in [6.45, 7) is 6.13. The first-order valence-electron chi connectivity index (χ1n) is 10.0. The molecule has 3 rings (SSSR count). The van der Waals surface area contributed by atoms with Gasteiger partial charge in [0.1, 0.15) is 5.82 Å². The molecule has 31 heavy (non-hydrogen) atoms. The summed E-state index contributed by atoms with van der Waals surface area (Å²) in [4.78, 5) is 16.7. The monoisotopic (exact) mass is 542 g/mol. The van der Waals surface area contributed by atoms with Crippen LogP contribution < -0.4 is 25.4 Å². The number of ether oxygens (including phenoxy) is 2. The average molecular weight is 542 g/mol. The largest absolute Gasteiger partial charge is 0.454 e. The van der Waals surface area contributed by atoms with Gasteiger partial charge in [-0.25, -0.2) is 4.39 Å². The Kier molecular flexibility index (Phi) is 9.83. The minimum absolute atomic E-state index is 0. The summed E-state index contributed by atoms with van der Waals surface area (Å²) in [5.41, 5.74) is 1.94. The zero-order chi connectivity index (χ0) is 21.3. The van der Waals surface area contributed by atoms with Crippen molar-refractivity contribution < 1.29 is 18.7 Å². The van der Waals surface area contributed by atoms with Crippen molar-refractivity contribution in [1.29, 1.82) is 0 Å². The molecule has 0 saturated heterocycles. The fourth-order valence-corrected chi connectivity index (χ4v) is 2.93. The highest BCUT2D eigenvalue weighted by Crippen LogP contribution is 2.32. The highest BCUT2D eigenvalue weighted by atomic mass is 127. The second-order valence-electron chi connectivity index (χ2n) is 6.84. The van der Waals surface area contributed by atoms with Gasteiger partial charge in [0, 0.05) is 31.7 Å². The van der Waals surface area contributed by atoms with Gasteiger partial charge in [0.25, 0.3) is 5.91 Å². The van der Waals surface area contributed by atoms with Crippen LogP contribution in [-0.4, -0.2) is 44.8 Å². The molecular formula is C22H28FIN4O3. The highest BCUT2D eigenvalue weighted by molar-refractivity contribution is 14.0. The van der Waals surface area contributed by atoms with E-state index in [0.717, 1.165) is 30.0 Å². The number of hydrogen-bond acceptors (Lipinski definition) is 4. The van der Waals surface area contributed by atoms with E-state index in [0.29, 0.717) is 36.7 Å². The Morgan fingerprint density at radius 3 is 2.61 bits per heavy atom. The molecule has 9 heteroatoms. The van der Waals surface area contributed by atoms with E-state index in [9.17, 15) is 9.18 Å². The molecule has 0 fully saturated rings. The van der Waals surface area contributed by atoms with Crippen LogP contribution in [0.1, 0.15) is 28.4 Å². The van der Waals surface area contributed by atoms with E-state index in [2.05, 4.69) is 20.9 Å². The maximum Gasteiger partial charge on any atom is 0.251 e. The topological polar surface area (TPSA) is 84.0 Å².